The molecule has 0 bridgehead atoms. The van der Waals surface area contributed by atoms with Crippen LogP contribution in [-0.4, -0.2) is 61.7 Å². The summed E-state index contributed by atoms with van der Waals surface area (Å²) < 4.78 is 27.2. The number of amides is 1. The maximum absolute atomic E-state index is 12.8. The van der Waals surface area contributed by atoms with Crippen LogP contribution in [0.1, 0.15) is 18.9 Å². The maximum Gasteiger partial charge on any atom is 0.260 e. The van der Waals surface area contributed by atoms with E-state index in [2.05, 4.69) is 15.2 Å². The molecule has 2 heterocycles. The standard InChI is InChI=1S/C14H22N4O3S/c1-11-5-6-13(15-12(2)19)16-14(11)22(20,21)18-8-4-7-17(3)9-10-18/h5-6H,4,7-10H2,1-3H3,(H,15,16,19). The summed E-state index contributed by atoms with van der Waals surface area (Å²) in [7, 11) is -1.67. The monoisotopic (exact) mass is 326 g/mol. The molecular weight excluding hydrogens is 304 g/mol. The number of rotatable bonds is 3. The highest BCUT2D eigenvalue weighted by Crippen LogP contribution is 2.21. The van der Waals surface area contributed by atoms with E-state index in [9.17, 15) is 13.2 Å². The summed E-state index contributed by atoms with van der Waals surface area (Å²) in [6.07, 6.45) is 0.792. The molecule has 7 nitrogen and oxygen atoms in total. The number of carbonyl (C=O) groups is 1. The van der Waals surface area contributed by atoms with Crippen LogP contribution in [0.3, 0.4) is 0 Å². The first kappa shape index (κ1) is 16.9. The van der Waals surface area contributed by atoms with Crippen LogP contribution in [0.25, 0.3) is 0 Å². The zero-order valence-corrected chi connectivity index (χ0v) is 14.0. The Morgan fingerprint density at radius 3 is 2.64 bits per heavy atom. The van der Waals surface area contributed by atoms with Gasteiger partial charge in [0.15, 0.2) is 5.03 Å². The summed E-state index contributed by atoms with van der Waals surface area (Å²) in [6, 6.07) is 3.26. The summed E-state index contributed by atoms with van der Waals surface area (Å²) in [5, 5.41) is 2.54. The molecule has 0 aromatic carbocycles. The van der Waals surface area contributed by atoms with Gasteiger partial charge >= 0.3 is 0 Å². The fourth-order valence-electron chi connectivity index (χ4n) is 2.41. The molecule has 1 aliphatic rings. The third-order valence-electron chi connectivity index (χ3n) is 3.62. The number of hydrogen-bond donors (Lipinski definition) is 1. The fourth-order valence-corrected chi connectivity index (χ4v) is 4.03. The van der Waals surface area contributed by atoms with Crippen molar-refractivity contribution in [1.82, 2.24) is 14.2 Å². The van der Waals surface area contributed by atoms with Gasteiger partial charge in [-0.2, -0.15) is 4.31 Å². The van der Waals surface area contributed by atoms with Crippen LogP contribution in [0, 0.1) is 6.92 Å². The average molecular weight is 326 g/mol. The normalized spacial score (nSPS) is 18.0. The molecule has 2 rings (SSSR count). The van der Waals surface area contributed by atoms with Crippen molar-refractivity contribution >= 4 is 21.7 Å². The number of aromatic nitrogens is 1. The van der Waals surface area contributed by atoms with Crippen molar-refractivity contribution in [3.63, 3.8) is 0 Å². The van der Waals surface area contributed by atoms with Gasteiger partial charge in [-0.25, -0.2) is 13.4 Å². The van der Waals surface area contributed by atoms with Crippen molar-refractivity contribution in [3.05, 3.63) is 17.7 Å². The molecule has 1 aliphatic heterocycles. The second-order valence-corrected chi connectivity index (χ2v) is 7.41. The molecule has 0 saturated carbocycles. The Morgan fingerprint density at radius 2 is 1.95 bits per heavy atom. The van der Waals surface area contributed by atoms with E-state index in [1.807, 2.05) is 7.05 Å². The number of sulfonamides is 1. The molecular formula is C14H22N4O3S. The predicted octanol–water partition coefficient (Wildman–Crippen LogP) is 0.675. The molecule has 1 saturated heterocycles. The van der Waals surface area contributed by atoms with Crippen LogP contribution in [0.4, 0.5) is 5.82 Å². The van der Waals surface area contributed by atoms with E-state index < -0.39 is 10.0 Å². The molecule has 1 aromatic heterocycles. The minimum atomic E-state index is -3.65. The van der Waals surface area contributed by atoms with Crippen LogP contribution in [0.2, 0.25) is 0 Å². The first-order valence-electron chi connectivity index (χ1n) is 7.24. The third kappa shape index (κ3) is 3.82. The predicted molar refractivity (Wildman–Crippen MR) is 84.2 cm³/mol. The lowest BCUT2D eigenvalue weighted by atomic mass is 10.3. The lowest BCUT2D eigenvalue weighted by molar-refractivity contribution is -0.114. The van der Waals surface area contributed by atoms with Crippen molar-refractivity contribution in [1.29, 1.82) is 0 Å². The highest BCUT2D eigenvalue weighted by molar-refractivity contribution is 7.89. The van der Waals surface area contributed by atoms with Gasteiger partial charge in [-0.05, 0) is 38.6 Å². The van der Waals surface area contributed by atoms with E-state index in [1.165, 1.54) is 11.2 Å². The summed E-state index contributed by atoms with van der Waals surface area (Å²) in [6.45, 7) is 5.58. The molecule has 0 unspecified atom stereocenters. The minimum Gasteiger partial charge on any atom is -0.311 e. The second-order valence-electron chi connectivity index (χ2n) is 5.56. The molecule has 1 amide bonds. The van der Waals surface area contributed by atoms with Crippen molar-refractivity contribution in [2.45, 2.75) is 25.3 Å². The Kier molecular flexibility index (Phi) is 5.15. The molecule has 0 atom stereocenters. The number of anilines is 1. The lowest BCUT2D eigenvalue weighted by Crippen LogP contribution is -2.35. The number of aryl methyl sites for hydroxylation is 1. The number of carbonyl (C=O) groups excluding carboxylic acids is 1. The SMILES string of the molecule is CC(=O)Nc1ccc(C)c(S(=O)(=O)N2CCCN(C)CC2)n1. The zero-order chi connectivity index (χ0) is 16.3. The van der Waals surface area contributed by atoms with Crippen molar-refractivity contribution in [2.75, 3.05) is 38.5 Å². The van der Waals surface area contributed by atoms with Gasteiger partial charge in [-0.3, -0.25) is 4.79 Å². The summed E-state index contributed by atoms with van der Waals surface area (Å²) in [5.41, 5.74) is 0.576. The average Bonchev–Trinajstić information content (AvgIpc) is 2.65. The molecule has 1 N–H and O–H groups in total. The Morgan fingerprint density at radius 1 is 1.23 bits per heavy atom. The van der Waals surface area contributed by atoms with Gasteiger partial charge in [-0.15, -0.1) is 0 Å². The van der Waals surface area contributed by atoms with Crippen molar-refractivity contribution in [3.8, 4) is 0 Å². The smallest absolute Gasteiger partial charge is 0.260 e. The molecule has 0 radical (unpaired) electrons. The zero-order valence-electron chi connectivity index (χ0n) is 13.2. The summed E-state index contributed by atoms with van der Waals surface area (Å²) in [4.78, 5) is 17.4. The van der Waals surface area contributed by atoms with Crippen LogP contribution in [-0.2, 0) is 14.8 Å². The van der Waals surface area contributed by atoms with E-state index >= 15 is 0 Å². The van der Waals surface area contributed by atoms with Crippen LogP contribution in [0.15, 0.2) is 17.2 Å². The van der Waals surface area contributed by atoms with Crippen molar-refractivity contribution < 1.29 is 13.2 Å². The van der Waals surface area contributed by atoms with Gasteiger partial charge in [-0.1, -0.05) is 6.07 Å². The minimum absolute atomic E-state index is 0.0169. The molecule has 1 fully saturated rings. The molecule has 22 heavy (non-hydrogen) atoms. The first-order chi connectivity index (χ1) is 10.3. The Balaban J connectivity index is 2.33. The fraction of sp³-hybridized carbons (Fsp3) is 0.571. The molecule has 0 aliphatic carbocycles. The second kappa shape index (κ2) is 6.72. The number of nitrogens with zero attached hydrogens (tertiary/aromatic N) is 3. The number of nitrogens with one attached hydrogen (secondary N) is 1. The highest BCUT2D eigenvalue weighted by atomic mass is 32.2. The van der Waals surface area contributed by atoms with Gasteiger partial charge in [0.2, 0.25) is 5.91 Å². The van der Waals surface area contributed by atoms with Crippen LogP contribution < -0.4 is 5.32 Å². The molecule has 8 heteroatoms. The van der Waals surface area contributed by atoms with Gasteiger partial charge in [0.25, 0.3) is 10.0 Å². The van der Waals surface area contributed by atoms with Crippen LogP contribution in [0.5, 0.6) is 0 Å². The van der Waals surface area contributed by atoms with E-state index in [4.69, 9.17) is 0 Å². The summed E-state index contributed by atoms with van der Waals surface area (Å²) in [5.74, 6) is -0.0280. The van der Waals surface area contributed by atoms with Gasteiger partial charge in [0, 0.05) is 26.6 Å². The number of likely N-dealkylation sites (N-methyl/N-ethyl adjacent to an activating group) is 1. The van der Waals surface area contributed by atoms with Crippen molar-refractivity contribution in [2.24, 2.45) is 0 Å². The van der Waals surface area contributed by atoms with E-state index in [-0.39, 0.29) is 16.8 Å². The van der Waals surface area contributed by atoms with Gasteiger partial charge < -0.3 is 10.2 Å². The molecule has 0 spiro atoms. The number of pyridine rings is 1. The van der Waals surface area contributed by atoms with Gasteiger partial charge in [0.1, 0.15) is 5.82 Å². The lowest BCUT2D eigenvalue weighted by Gasteiger charge is -2.21. The Labute approximate surface area is 131 Å². The number of hydrogen-bond acceptors (Lipinski definition) is 5. The topological polar surface area (TPSA) is 82.6 Å². The first-order valence-corrected chi connectivity index (χ1v) is 8.68. The largest absolute Gasteiger partial charge is 0.311 e. The maximum atomic E-state index is 12.8. The third-order valence-corrected chi connectivity index (χ3v) is 5.56. The van der Waals surface area contributed by atoms with E-state index in [1.54, 1.807) is 19.1 Å². The quantitative estimate of drug-likeness (QED) is 0.883. The van der Waals surface area contributed by atoms with Gasteiger partial charge in [0.05, 0.1) is 0 Å². The van der Waals surface area contributed by atoms with E-state index in [0.717, 1.165) is 13.0 Å². The highest BCUT2D eigenvalue weighted by Gasteiger charge is 2.29. The Hall–Kier alpha value is -1.51. The van der Waals surface area contributed by atoms with Crippen LogP contribution >= 0.6 is 0 Å². The summed E-state index contributed by atoms with van der Waals surface area (Å²) >= 11 is 0. The van der Waals surface area contributed by atoms with E-state index in [0.29, 0.717) is 25.2 Å². The molecule has 1 aromatic rings. The molecule has 122 valence electrons. The Bertz CT molecular complexity index is 660.